The van der Waals surface area contributed by atoms with Gasteiger partial charge in [-0.15, -0.1) is 0 Å². The summed E-state index contributed by atoms with van der Waals surface area (Å²) in [6.07, 6.45) is 0.678. The van der Waals surface area contributed by atoms with E-state index < -0.39 is 22.1 Å². The van der Waals surface area contributed by atoms with Crippen molar-refractivity contribution in [3.8, 4) is 0 Å². The van der Waals surface area contributed by atoms with E-state index in [0.29, 0.717) is 19.5 Å². The molecule has 1 heterocycles. The molecule has 0 saturated carbocycles. The van der Waals surface area contributed by atoms with E-state index in [2.05, 4.69) is 0 Å². The van der Waals surface area contributed by atoms with Crippen LogP contribution in [-0.4, -0.2) is 48.2 Å². The van der Waals surface area contributed by atoms with E-state index in [1.165, 1.54) is 23.8 Å². The van der Waals surface area contributed by atoms with Crippen LogP contribution in [0.2, 0.25) is 0 Å². The van der Waals surface area contributed by atoms with Crippen molar-refractivity contribution in [3.05, 3.63) is 35.4 Å². The maximum absolute atomic E-state index is 12.5. The Morgan fingerprint density at radius 1 is 1.38 bits per heavy atom. The Labute approximate surface area is 125 Å². The topological polar surface area (TPSA) is 77.9 Å². The van der Waals surface area contributed by atoms with Crippen molar-refractivity contribution >= 4 is 16.2 Å². The number of carboxylic acids is 1. The monoisotopic (exact) mass is 312 g/mol. The van der Waals surface area contributed by atoms with E-state index in [1.54, 1.807) is 0 Å². The zero-order valence-corrected chi connectivity index (χ0v) is 13.0. The second-order valence-corrected chi connectivity index (χ2v) is 7.42. The van der Waals surface area contributed by atoms with Gasteiger partial charge in [0.15, 0.2) is 0 Å². The van der Waals surface area contributed by atoms with Crippen LogP contribution in [0.1, 0.15) is 18.1 Å². The van der Waals surface area contributed by atoms with Gasteiger partial charge < -0.3 is 5.11 Å². The lowest BCUT2D eigenvalue weighted by atomic mass is 10.0. The molecule has 1 atom stereocenters. The van der Waals surface area contributed by atoms with Crippen molar-refractivity contribution in [2.75, 3.05) is 20.1 Å². The Hall–Kier alpha value is -1.44. The Morgan fingerprint density at radius 2 is 2.00 bits per heavy atom. The highest BCUT2D eigenvalue weighted by Crippen LogP contribution is 2.22. The molecule has 1 aliphatic heterocycles. The SMILES string of the molecule is CC(CN(C)S(=O)(=O)N1CCc2ccccc2C1)C(=O)O. The van der Waals surface area contributed by atoms with E-state index in [-0.39, 0.29) is 6.54 Å². The number of carboxylic acid groups (broad SMARTS) is 1. The van der Waals surface area contributed by atoms with Crippen molar-refractivity contribution in [1.29, 1.82) is 0 Å². The van der Waals surface area contributed by atoms with Gasteiger partial charge in [-0.05, 0) is 17.5 Å². The van der Waals surface area contributed by atoms with Crippen LogP contribution in [0.15, 0.2) is 24.3 Å². The predicted octanol–water partition coefficient (Wildman–Crippen LogP) is 0.942. The van der Waals surface area contributed by atoms with Crippen LogP contribution in [0.25, 0.3) is 0 Å². The molecule has 0 amide bonds. The third kappa shape index (κ3) is 3.42. The minimum absolute atomic E-state index is 0.0319. The molecular weight excluding hydrogens is 292 g/mol. The standard InChI is InChI=1S/C14H20N2O4S/c1-11(14(17)18)9-15(2)21(19,20)16-8-7-12-5-3-4-6-13(12)10-16/h3-6,11H,7-10H2,1-2H3,(H,17,18). The molecule has 1 aromatic rings. The molecule has 1 aromatic carbocycles. The molecule has 7 heteroatoms. The number of aliphatic carboxylic acids is 1. The lowest BCUT2D eigenvalue weighted by Gasteiger charge is -2.32. The van der Waals surface area contributed by atoms with Crippen molar-refractivity contribution in [3.63, 3.8) is 0 Å². The number of benzene rings is 1. The molecule has 0 saturated heterocycles. The molecule has 0 aliphatic carbocycles. The van der Waals surface area contributed by atoms with Crippen molar-refractivity contribution in [1.82, 2.24) is 8.61 Å². The number of hydrogen-bond acceptors (Lipinski definition) is 3. The lowest BCUT2D eigenvalue weighted by molar-refractivity contribution is -0.141. The number of hydrogen-bond donors (Lipinski definition) is 1. The zero-order valence-electron chi connectivity index (χ0n) is 12.2. The minimum atomic E-state index is -3.63. The molecule has 0 spiro atoms. The summed E-state index contributed by atoms with van der Waals surface area (Å²) < 4.78 is 27.6. The first-order valence-electron chi connectivity index (χ1n) is 6.83. The predicted molar refractivity (Wildman–Crippen MR) is 78.9 cm³/mol. The first-order valence-corrected chi connectivity index (χ1v) is 8.23. The van der Waals surface area contributed by atoms with Crippen molar-refractivity contribution < 1.29 is 18.3 Å². The molecule has 2 rings (SSSR count). The van der Waals surface area contributed by atoms with E-state index in [1.807, 2.05) is 24.3 Å². The maximum atomic E-state index is 12.5. The average molecular weight is 312 g/mol. The molecule has 0 aromatic heterocycles. The Morgan fingerprint density at radius 3 is 2.62 bits per heavy atom. The number of carbonyl (C=O) groups is 1. The summed E-state index contributed by atoms with van der Waals surface area (Å²) in [5.41, 5.74) is 2.18. The van der Waals surface area contributed by atoms with Gasteiger partial charge in [0.1, 0.15) is 0 Å². The molecule has 0 bridgehead atoms. The van der Waals surface area contributed by atoms with Gasteiger partial charge in [-0.3, -0.25) is 4.79 Å². The van der Waals surface area contributed by atoms with Crippen LogP contribution in [0, 0.1) is 5.92 Å². The molecular formula is C14H20N2O4S. The highest BCUT2D eigenvalue weighted by atomic mass is 32.2. The highest BCUT2D eigenvalue weighted by Gasteiger charge is 2.31. The first-order chi connectivity index (χ1) is 9.82. The van der Waals surface area contributed by atoms with Crippen LogP contribution in [-0.2, 0) is 28.0 Å². The third-order valence-corrected chi connectivity index (χ3v) is 5.67. The summed E-state index contributed by atoms with van der Waals surface area (Å²) in [4.78, 5) is 10.9. The summed E-state index contributed by atoms with van der Waals surface area (Å²) in [6.45, 7) is 2.23. The van der Waals surface area contributed by atoms with Crippen molar-refractivity contribution in [2.24, 2.45) is 5.92 Å². The molecule has 116 valence electrons. The summed E-state index contributed by atoms with van der Waals surface area (Å²) in [6, 6.07) is 7.78. The fourth-order valence-corrected chi connectivity index (χ4v) is 3.85. The fraction of sp³-hybridized carbons (Fsp3) is 0.500. The molecule has 0 fully saturated rings. The van der Waals surface area contributed by atoms with E-state index in [4.69, 9.17) is 5.11 Å². The Kier molecular flexibility index (Phi) is 4.65. The second-order valence-electron chi connectivity index (χ2n) is 5.38. The summed E-state index contributed by atoms with van der Waals surface area (Å²) in [5.74, 6) is -1.73. The van der Waals surface area contributed by atoms with E-state index in [9.17, 15) is 13.2 Å². The van der Waals surface area contributed by atoms with Crippen molar-refractivity contribution in [2.45, 2.75) is 19.9 Å². The molecule has 6 nitrogen and oxygen atoms in total. The van der Waals surface area contributed by atoms with E-state index in [0.717, 1.165) is 9.87 Å². The number of rotatable bonds is 5. The maximum Gasteiger partial charge on any atom is 0.307 e. The average Bonchev–Trinajstić information content (AvgIpc) is 2.46. The molecule has 0 radical (unpaired) electrons. The van der Waals surface area contributed by atoms with Gasteiger partial charge in [-0.1, -0.05) is 31.2 Å². The van der Waals surface area contributed by atoms with Gasteiger partial charge in [0.05, 0.1) is 5.92 Å². The molecule has 1 aliphatic rings. The van der Waals surface area contributed by atoms with E-state index >= 15 is 0 Å². The van der Waals surface area contributed by atoms with Crippen LogP contribution < -0.4 is 0 Å². The van der Waals surface area contributed by atoms with Crippen LogP contribution in [0.4, 0.5) is 0 Å². The summed E-state index contributed by atoms with van der Waals surface area (Å²) in [5, 5.41) is 8.90. The van der Waals surface area contributed by atoms with Crippen LogP contribution in [0.3, 0.4) is 0 Å². The largest absolute Gasteiger partial charge is 0.481 e. The first kappa shape index (κ1) is 15.9. The van der Waals surface area contributed by atoms with Gasteiger partial charge in [0, 0.05) is 26.7 Å². The normalized spacial score (nSPS) is 17.5. The van der Waals surface area contributed by atoms with Gasteiger partial charge in [-0.2, -0.15) is 17.0 Å². The number of nitrogens with zero attached hydrogens (tertiary/aromatic N) is 2. The molecule has 21 heavy (non-hydrogen) atoms. The van der Waals surface area contributed by atoms with Crippen LogP contribution >= 0.6 is 0 Å². The quantitative estimate of drug-likeness (QED) is 0.878. The van der Waals surface area contributed by atoms with Crippen LogP contribution in [0.5, 0.6) is 0 Å². The Bertz CT molecular complexity index is 630. The highest BCUT2D eigenvalue weighted by molar-refractivity contribution is 7.86. The van der Waals surface area contributed by atoms with Gasteiger partial charge in [0.25, 0.3) is 10.2 Å². The third-order valence-electron chi connectivity index (χ3n) is 3.77. The summed E-state index contributed by atoms with van der Waals surface area (Å²) in [7, 11) is -2.20. The molecule has 1 unspecified atom stereocenters. The fourth-order valence-electron chi connectivity index (χ4n) is 2.42. The summed E-state index contributed by atoms with van der Waals surface area (Å²) >= 11 is 0. The lowest BCUT2D eigenvalue weighted by Crippen LogP contribution is -2.46. The number of fused-ring (bicyclic) bond motifs is 1. The smallest absolute Gasteiger partial charge is 0.307 e. The zero-order chi connectivity index (χ0) is 15.6. The molecule has 1 N–H and O–H groups in total. The van der Waals surface area contributed by atoms with Gasteiger partial charge in [-0.25, -0.2) is 0 Å². The second kappa shape index (κ2) is 6.13. The van der Waals surface area contributed by atoms with Gasteiger partial charge in [0.2, 0.25) is 0 Å². The minimum Gasteiger partial charge on any atom is -0.481 e. The van der Waals surface area contributed by atoms with Gasteiger partial charge >= 0.3 is 5.97 Å². The Balaban J connectivity index is 2.12.